The average Bonchev–Trinajstić information content (AvgIpc) is 3.18. The van der Waals surface area contributed by atoms with Gasteiger partial charge in [-0.2, -0.15) is 0 Å². The van der Waals surface area contributed by atoms with Crippen LogP contribution < -0.4 is 5.32 Å². The van der Waals surface area contributed by atoms with Gasteiger partial charge in [-0.3, -0.25) is 14.5 Å². The number of hydrogen-bond donors (Lipinski definition) is 1. The Morgan fingerprint density at radius 2 is 1.56 bits per heavy atom. The molecule has 27 heavy (non-hydrogen) atoms. The van der Waals surface area contributed by atoms with E-state index in [1.165, 1.54) is 12.8 Å². The molecule has 3 saturated heterocycles. The van der Waals surface area contributed by atoms with Crippen LogP contribution >= 0.6 is 24.8 Å². The van der Waals surface area contributed by atoms with Crippen LogP contribution in [0.25, 0.3) is 0 Å². The molecule has 0 aromatic carbocycles. The minimum Gasteiger partial charge on any atom is -0.342 e. The molecule has 158 valence electrons. The van der Waals surface area contributed by atoms with Gasteiger partial charge in [-0.05, 0) is 50.6 Å². The van der Waals surface area contributed by atoms with Crippen LogP contribution in [0.15, 0.2) is 0 Å². The van der Waals surface area contributed by atoms with Crippen molar-refractivity contribution in [2.75, 3.05) is 58.9 Å². The molecular weight excluding hydrogens is 387 g/mol. The van der Waals surface area contributed by atoms with Gasteiger partial charge in [0.05, 0.1) is 6.54 Å². The topological polar surface area (TPSA) is 55.9 Å². The van der Waals surface area contributed by atoms with Crippen molar-refractivity contribution in [3.8, 4) is 0 Å². The van der Waals surface area contributed by atoms with E-state index in [0.717, 1.165) is 65.2 Å². The maximum atomic E-state index is 12.6. The van der Waals surface area contributed by atoms with Crippen molar-refractivity contribution in [3.63, 3.8) is 0 Å². The number of piperazine rings is 1. The monoisotopic (exact) mass is 422 g/mol. The third-order valence-corrected chi connectivity index (χ3v) is 6.18. The zero-order chi connectivity index (χ0) is 17.6. The molecule has 0 aromatic rings. The van der Waals surface area contributed by atoms with Crippen molar-refractivity contribution < 1.29 is 9.59 Å². The summed E-state index contributed by atoms with van der Waals surface area (Å²) in [6, 6.07) is 0. The molecule has 0 saturated carbocycles. The van der Waals surface area contributed by atoms with E-state index in [0.29, 0.717) is 30.7 Å². The lowest BCUT2D eigenvalue weighted by Crippen LogP contribution is -2.51. The van der Waals surface area contributed by atoms with Crippen molar-refractivity contribution in [1.29, 1.82) is 0 Å². The summed E-state index contributed by atoms with van der Waals surface area (Å²) in [7, 11) is 0. The third kappa shape index (κ3) is 7.08. The zero-order valence-electron chi connectivity index (χ0n) is 16.5. The summed E-state index contributed by atoms with van der Waals surface area (Å²) in [5.74, 6) is 1.64. The molecule has 3 fully saturated rings. The van der Waals surface area contributed by atoms with Gasteiger partial charge in [0, 0.05) is 45.7 Å². The van der Waals surface area contributed by atoms with Crippen molar-refractivity contribution in [1.82, 2.24) is 20.0 Å². The van der Waals surface area contributed by atoms with E-state index in [1.54, 1.807) is 0 Å². The first kappa shape index (κ1) is 24.5. The molecule has 3 heterocycles. The van der Waals surface area contributed by atoms with Crippen molar-refractivity contribution >= 4 is 36.6 Å². The van der Waals surface area contributed by atoms with Crippen LogP contribution in [0.5, 0.6) is 0 Å². The van der Waals surface area contributed by atoms with Gasteiger partial charge in [0.1, 0.15) is 0 Å². The van der Waals surface area contributed by atoms with Crippen molar-refractivity contribution in [3.05, 3.63) is 0 Å². The Bertz CT molecular complexity index is 461. The summed E-state index contributed by atoms with van der Waals surface area (Å²) in [6.45, 7) is 9.94. The summed E-state index contributed by atoms with van der Waals surface area (Å²) in [5, 5.41) is 3.45. The molecule has 0 spiro atoms. The van der Waals surface area contributed by atoms with Gasteiger partial charge >= 0.3 is 0 Å². The number of carbonyl (C=O) groups is 2. The second-order valence-corrected chi connectivity index (χ2v) is 8.03. The van der Waals surface area contributed by atoms with Crippen LogP contribution in [0.3, 0.4) is 0 Å². The van der Waals surface area contributed by atoms with Crippen LogP contribution in [0.2, 0.25) is 0 Å². The zero-order valence-corrected chi connectivity index (χ0v) is 18.2. The first-order valence-corrected chi connectivity index (χ1v) is 10.1. The van der Waals surface area contributed by atoms with Crippen LogP contribution in [0.4, 0.5) is 0 Å². The quantitative estimate of drug-likeness (QED) is 0.731. The van der Waals surface area contributed by atoms with E-state index in [9.17, 15) is 9.59 Å². The molecular formula is C19H36Cl2N4O2. The number of rotatable bonds is 5. The number of amides is 2. The number of hydrogen-bond acceptors (Lipinski definition) is 4. The standard InChI is InChI=1S/C19H34N4O2.2ClH/c1-16(17-5-4-6-20-14-17)13-18(24)23-11-9-21(10-12-23)15-19(25)22-7-2-3-8-22;;/h16-17,20H,2-15H2,1H3;2*1H. The van der Waals surface area contributed by atoms with Gasteiger partial charge in [-0.15, -0.1) is 24.8 Å². The third-order valence-electron chi connectivity index (χ3n) is 6.18. The summed E-state index contributed by atoms with van der Waals surface area (Å²) < 4.78 is 0. The molecule has 3 aliphatic rings. The highest BCUT2D eigenvalue weighted by atomic mass is 35.5. The molecule has 0 bridgehead atoms. The molecule has 2 amide bonds. The summed E-state index contributed by atoms with van der Waals surface area (Å²) in [6.07, 6.45) is 5.42. The van der Waals surface area contributed by atoms with Crippen LogP contribution in [-0.2, 0) is 9.59 Å². The van der Waals surface area contributed by atoms with Gasteiger partial charge in [-0.1, -0.05) is 6.92 Å². The molecule has 0 aromatic heterocycles. The highest BCUT2D eigenvalue weighted by Crippen LogP contribution is 2.23. The second kappa shape index (κ2) is 12.1. The fraction of sp³-hybridized carbons (Fsp3) is 0.895. The van der Waals surface area contributed by atoms with E-state index < -0.39 is 0 Å². The summed E-state index contributed by atoms with van der Waals surface area (Å²) >= 11 is 0. The van der Waals surface area contributed by atoms with E-state index in [2.05, 4.69) is 17.1 Å². The molecule has 2 atom stereocenters. The lowest BCUT2D eigenvalue weighted by atomic mass is 9.85. The number of likely N-dealkylation sites (tertiary alicyclic amines) is 1. The van der Waals surface area contributed by atoms with Gasteiger partial charge in [0.25, 0.3) is 0 Å². The minimum absolute atomic E-state index is 0. The van der Waals surface area contributed by atoms with Gasteiger partial charge in [0.2, 0.25) is 11.8 Å². The summed E-state index contributed by atoms with van der Waals surface area (Å²) in [4.78, 5) is 31.0. The molecule has 3 rings (SSSR count). The lowest BCUT2D eigenvalue weighted by molar-refractivity contribution is -0.135. The van der Waals surface area contributed by atoms with Crippen LogP contribution in [0.1, 0.15) is 39.0 Å². The Morgan fingerprint density at radius 3 is 2.15 bits per heavy atom. The van der Waals surface area contributed by atoms with E-state index in [4.69, 9.17) is 0 Å². The van der Waals surface area contributed by atoms with Crippen molar-refractivity contribution in [2.45, 2.75) is 39.0 Å². The van der Waals surface area contributed by atoms with Gasteiger partial charge in [0.15, 0.2) is 0 Å². The number of nitrogens with one attached hydrogen (secondary N) is 1. The molecule has 0 radical (unpaired) electrons. The highest BCUT2D eigenvalue weighted by Gasteiger charge is 2.28. The number of nitrogens with zero attached hydrogens (tertiary/aromatic N) is 3. The Hall–Kier alpha value is -0.560. The molecule has 1 N–H and O–H groups in total. The SMILES string of the molecule is CC(CC(=O)N1CCN(CC(=O)N2CCCC2)CC1)C1CCCNC1.Cl.Cl. The van der Waals surface area contributed by atoms with E-state index in [1.807, 2.05) is 9.80 Å². The normalized spacial score (nSPS) is 24.7. The maximum Gasteiger partial charge on any atom is 0.236 e. The largest absolute Gasteiger partial charge is 0.342 e. The second-order valence-electron chi connectivity index (χ2n) is 8.03. The van der Waals surface area contributed by atoms with E-state index in [-0.39, 0.29) is 30.7 Å². The fourth-order valence-electron chi connectivity index (χ4n) is 4.35. The number of carbonyl (C=O) groups excluding carboxylic acids is 2. The molecule has 8 heteroatoms. The Kier molecular flexibility index (Phi) is 11.0. The van der Waals surface area contributed by atoms with Crippen LogP contribution in [-0.4, -0.2) is 85.4 Å². The smallest absolute Gasteiger partial charge is 0.236 e. The maximum absolute atomic E-state index is 12.6. The number of halogens is 2. The summed E-state index contributed by atoms with van der Waals surface area (Å²) in [5.41, 5.74) is 0. The number of piperidine rings is 1. The Balaban J connectivity index is 0.00000182. The van der Waals surface area contributed by atoms with Gasteiger partial charge in [-0.25, -0.2) is 0 Å². The van der Waals surface area contributed by atoms with Crippen LogP contribution in [0, 0.1) is 11.8 Å². The van der Waals surface area contributed by atoms with Crippen molar-refractivity contribution in [2.24, 2.45) is 11.8 Å². The first-order chi connectivity index (χ1) is 12.1. The average molecular weight is 423 g/mol. The Morgan fingerprint density at radius 1 is 0.926 bits per heavy atom. The lowest BCUT2D eigenvalue weighted by Gasteiger charge is -2.36. The fourth-order valence-corrected chi connectivity index (χ4v) is 4.35. The predicted molar refractivity (Wildman–Crippen MR) is 113 cm³/mol. The predicted octanol–water partition coefficient (Wildman–Crippen LogP) is 1.62. The van der Waals surface area contributed by atoms with E-state index >= 15 is 0 Å². The highest BCUT2D eigenvalue weighted by molar-refractivity contribution is 5.85. The molecule has 0 aliphatic carbocycles. The Labute approximate surface area is 176 Å². The molecule has 3 aliphatic heterocycles. The molecule has 2 unspecified atom stereocenters. The first-order valence-electron chi connectivity index (χ1n) is 10.1. The molecule has 6 nitrogen and oxygen atoms in total. The van der Waals surface area contributed by atoms with Gasteiger partial charge < -0.3 is 15.1 Å². The minimum atomic E-state index is 0.